The number of para-hydroxylation sites is 3. The van der Waals surface area contributed by atoms with Gasteiger partial charge in [0.05, 0.1) is 16.7 Å². The van der Waals surface area contributed by atoms with Crippen molar-refractivity contribution >= 4 is 60.8 Å². The van der Waals surface area contributed by atoms with Crippen molar-refractivity contribution in [2.24, 2.45) is 0 Å². The molecule has 0 N–H and O–H groups in total. The zero-order valence-electron chi connectivity index (χ0n) is 36.8. The molecule has 66 heavy (non-hydrogen) atoms. The van der Waals surface area contributed by atoms with Gasteiger partial charge in [0.2, 0.25) is 0 Å². The van der Waals surface area contributed by atoms with Crippen molar-refractivity contribution < 1.29 is 25.8 Å². The zero-order chi connectivity index (χ0) is 43.8. The number of hydrogen-bond donors (Lipinski definition) is 0. The molecule has 0 fully saturated rings. The number of fused-ring (bicyclic) bond motifs is 7. The first-order valence-corrected chi connectivity index (χ1v) is 22.0. The van der Waals surface area contributed by atoms with Gasteiger partial charge in [0.25, 0.3) is 0 Å². The van der Waals surface area contributed by atoms with Crippen LogP contribution in [-0.4, -0.2) is 26.1 Å². The second-order valence-corrected chi connectivity index (χ2v) is 17.7. The molecule has 0 unspecified atom stereocenters. The van der Waals surface area contributed by atoms with Crippen LogP contribution in [-0.2, 0) is 26.5 Å². The normalized spacial score (nSPS) is 12.6. The summed E-state index contributed by atoms with van der Waals surface area (Å²) >= 11 is 0. The van der Waals surface area contributed by atoms with Gasteiger partial charge >= 0.3 is 0 Å². The van der Waals surface area contributed by atoms with Gasteiger partial charge in [0.1, 0.15) is 11.6 Å². The largest absolute Gasteiger partial charge is 0.509 e. The third kappa shape index (κ3) is 6.85. The molecule has 1 aliphatic heterocycles. The standard InChI is InChI=1S/C58H43N6O.Pt/c1-58(2,3)40-32-42(62-37-61(4)52-26-15-30-60-57(52)62)34-44(33-40)65-43-27-28-48-47-20-11-12-25-51(47)64(53(48)36-43)54-35-41(29-31-59-54)63-55-45(38-16-7-5-8-17-38)21-13-23-49(55)50-24-14-22-46(56(50)63)39-18-9-6-10-19-39;/h5-33,35,37H,1-4H3;/q-3;. The topological polar surface area (TPSA) is 51.4 Å². The molecule has 12 rings (SSSR count). The van der Waals surface area contributed by atoms with Crippen LogP contribution in [0.15, 0.2) is 182 Å². The van der Waals surface area contributed by atoms with Crippen LogP contribution >= 0.6 is 0 Å². The first-order chi connectivity index (χ1) is 31.8. The van der Waals surface area contributed by atoms with Gasteiger partial charge in [-0.2, -0.15) is 12.7 Å². The Balaban J connectivity index is 0.00000481. The van der Waals surface area contributed by atoms with Gasteiger partial charge in [-0.3, -0.25) is 0 Å². The maximum Gasteiger partial charge on any atom is 0.137 e. The first-order valence-electron chi connectivity index (χ1n) is 22.0. The fraction of sp³-hybridized carbons (Fsp3) is 0.0862. The van der Waals surface area contributed by atoms with E-state index in [-0.39, 0.29) is 26.5 Å². The van der Waals surface area contributed by atoms with E-state index in [4.69, 9.17) is 14.7 Å². The van der Waals surface area contributed by atoms with Crippen molar-refractivity contribution in [2.75, 3.05) is 16.8 Å². The minimum absolute atomic E-state index is 0. The number of benzene rings is 7. The van der Waals surface area contributed by atoms with E-state index in [0.717, 1.165) is 89.4 Å². The van der Waals surface area contributed by atoms with Gasteiger partial charge in [-0.1, -0.05) is 147 Å². The Kier molecular flexibility index (Phi) is 10.1. The summed E-state index contributed by atoms with van der Waals surface area (Å²) in [6.07, 6.45) is 3.75. The van der Waals surface area contributed by atoms with Gasteiger partial charge < -0.3 is 23.7 Å². The van der Waals surface area contributed by atoms with Crippen molar-refractivity contribution in [1.82, 2.24) is 19.1 Å². The number of aromatic nitrogens is 4. The van der Waals surface area contributed by atoms with E-state index in [1.54, 1.807) is 0 Å². The molecule has 1 aliphatic rings. The van der Waals surface area contributed by atoms with E-state index in [0.29, 0.717) is 11.5 Å². The number of anilines is 3. The maximum absolute atomic E-state index is 6.79. The molecule has 324 valence electrons. The van der Waals surface area contributed by atoms with Crippen LogP contribution in [0.3, 0.4) is 0 Å². The predicted molar refractivity (Wildman–Crippen MR) is 266 cm³/mol. The quantitative estimate of drug-likeness (QED) is 0.149. The van der Waals surface area contributed by atoms with Crippen molar-refractivity contribution in [3.63, 3.8) is 0 Å². The van der Waals surface area contributed by atoms with Crippen LogP contribution in [0.5, 0.6) is 11.5 Å². The van der Waals surface area contributed by atoms with Gasteiger partial charge in [0.15, 0.2) is 0 Å². The Morgan fingerprint density at radius 2 is 1.23 bits per heavy atom. The summed E-state index contributed by atoms with van der Waals surface area (Å²) in [4.78, 5) is 14.0. The molecule has 0 saturated carbocycles. The SMILES string of the molecule is CN1[CH-]N(c2[c-]c(Oc3[c-]c4c(cc3)c3ccccc3n4-c3cc(-n4c5c(-c6ccccc6)cccc5c5cccc(-c6ccccc6)c54)ccn3)cc(C(C)(C)C)c2)c2ncccc21.[Pt]. The minimum Gasteiger partial charge on any atom is -0.509 e. The van der Waals surface area contributed by atoms with E-state index in [1.807, 2.05) is 38.2 Å². The molecule has 0 radical (unpaired) electrons. The summed E-state index contributed by atoms with van der Waals surface area (Å²) < 4.78 is 11.4. The van der Waals surface area contributed by atoms with Crippen molar-refractivity contribution in [1.29, 1.82) is 0 Å². The van der Waals surface area contributed by atoms with E-state index >= 15 is 0 Å². The van der Waals surface area contributed by atoms with Crippen LogP contribution in [0.4, 0.5) is 17.2 Å². The summed E-state index contributed by atoms with van der Waals surface area (Å²) in [5, 5.41) is 4.54. The van der Waals surface area contributed by atoms with E-state index in [9.17, 15) is 0 Å². The molecule has 7 aromatic carbocycles. The van der Waals surface area contributed by atoms with E-state index < -0.39 is 0 Å². The van der Waals surface area contributed by atoms with Crippen LogP contribution in [0.25, 0.3) is 77.4 Å². The van der Waals surface area contributed by atoms with Gasteiger partial charge in [-0.15, -0.1) is 41.3 Å². The van der Waals surface area contributed by atoms with Crippen LogP contribution in [0.1, 0.15) is 26.3 Å². The monoisotopic (exact) mass is 1030 g/mol. The number of rotatable bonds is 7. The smallest absolute Gasteiger partial charge is 0.137 e. The van der Waals surface area contributed by atoms with Gasteiger partial charge in [0, 0.05) is 84.1 Å². The molecular formula is C58H43N6OPt-3. The van der Waals surface area contributed by atoms with Crippen molar-refractivity contribution in [2.45, 2.75) is 26.2 Å². The minimum atomic E-state index is -0.155. The summed E-state index contributed by atoms with van der Waals surface area (Å²) in [7, 11) is 2.03. The molecule has 5 heterocycles. The maximum atomic E-state index is 6.79. The molecule has 0 aliphatic carbocycles. The number of hydrogen-bond acceptors (Lipinski definition) is 5. The molecule has 0 atom stereocenters. The molecular weight excluding hydrogens is 992 g/mol. The summed E-state index contributed by atoms with van der Waals surface area (Å²) in [5.41, 5.74) is 12.7. The second kappa shape index (κ2) is 16.2. The summed E-state index contributed by atoms with van der Waals surface area (Å²) in [6.45, 7) is 8.68. The summed E-state index contributed by atoms with van der Waals surface area (Å²) in [5.74, 6) is 2.80. The Bertz CT molecular complexity index is 3530. The number of ether oxygens (including phenoxy) is 1. The van der Waals surface area contributed by atoms with Gasteiger partial charge in [-0.05, 0) is 53.2 Å². The average Bonchev–Trinajstić information content (AvgIpc) is 3.99. The third-order valence-corrected chi connectivity index (χ3v) is 12.6. The van der Waals surface area contributed by atoms with Crippen molar-refractivity contribution in [3.05, 3.63) is 207 Å². The first kappa shape index (κ1) is 41.2. The fourth-order valence-corrected chi connectivity index (χ4v) is 9.50. The van der Waals surface area contributed by atoms with Crippen LogP contribution < -0.4 is 14.5 Å². The number of pyridine rings is 2. The zero-order valence-corrected chi connectivity index (χ0v) is 39.1. The molecule has 0 amide bonds. The Morgan fingerprint density at radius 1 is 0.561 bits per heavy atom. The average molecular weight is 1040 g/mol. The van der Waals surface area contributed by atoms with Crippen LogP contribution in [0, 0.1) is 18.8 Å². The fourth-order valence-electron chi connectivity index (χ4n) is 9.50. The predicted octanol–water partition coefficient (Wildman–Crippen LogP) is 14.4. The van der Waals surface area contributed by atoms with Crippen molar-refractivity contribution in [3.8, 4) is 45.3 Å². The molecule has 11 aromatic rings. The molecule has 0 bridgehead atoms. The molecule has 0 saturated heterocycles. The second-order valence-electron chi connectivity index (χ2n) is 17.7. The van der Waals surface area contributed by atoms with E-state index in [2.05, 4.69) is 210 Å². The third-order valence-electron chi connectivity index (χ3n) is 12.6. The summed E-state index contributed by atoms with van der Waals surface area (Å²) in [6, 6.07) is 67.2. The molecule has 4 aromatic heterocycles. The number of nitrogens with zero attached hydrogens (tertiary/aromatic N) is 6. The van der Waals surface area contributed by atoms with E-state index in [1.165, 1.54) is 10.8 Å². The van der Waals surface area contributed by atoms with Gasteiger partial charge in [-0.25, -0.2) is 9.97 Å². The molecule has 8 heteroatoms. The molecule has 0 spiro atoms. The Labute approximate surface area is 398 Å². The Hall–Kier alpha value is -7.47. The molecule has 7 nitrogen and oxygen atoms in total. The van der Waals surface area contributed by atoms with Crippen LogP contribution in [0.2, 0.25) is 0 Å². The Morgan fingerprint density at radius 3 is 1.92 bits per heavy atom.